The largest absolute Gasteiger partial charge is 0.493 e. The molecule has 4 nitrogen and oxygen atoms in total. The van der Waals surface area contributed by atoms with E-state index in [1.165, 1.54) is 25.3 Å². The average Bonchev–Trinajstić information content (AvgIpc) is 2.69. The second-order valence-corrected chi connectivity index (χ2v) is 7.04. The zero-order valence-electron chi connectivity index (χ0n) is 16.8. The van der Waals surface area contributed by atoms with Crippen LogP contribution in [0.3, 0.4) is 0 Å². The van der Waals surface area contributed by atoms with Crippen LogP contribution >= 0.6 is 11.6 Å². The van der Waals surface area contributed by atoms with Crippen LogP contribution in [0, 0.1) is 6.92 Å². The van der Waals surface area contributed by atoms with E-state index < -0.39 is 0 Å². The Morgan fingerprint density at radius 2 is 1.93 bits per heavy atom. The first-order valence-electron chi connectivity index (χ1n) is 9.59. The first-order chi connectivity index (χ1) is 13.5. The van der Waals surface area contributed by atoms with Crippen LogP contribution < -0.4 is 14.8 Å². The normalized spacial score (nSPS) is 10.9. The van der Waals surface area contributed by atoms with Crippen LogP contribution in [0.15, 0.2) is 42.5 Å². The number of amides is 1. The van der Waals surface area contributed by atoms with Crippen LogP contribution in [0.2, 0.25) is 5.02 Å². The zero-order chi connectivity index (χ0) is 20.4. The Kier molecular flexibility index (Phi) is 8.89. The minimum absolute atomic E-state index is 0.208. The van der Waals surface area contributed by atoms with E-state index in [1.54, 1.807) is 25.3 Å². The Morgan fingerprint density at radius 3 is 2.64 bits per heavy atom. The molecule has 150 valence electrons. The highest BCUT2D eigenvalue weighted by molar-refractivity contribution is 6.30. The molecule has 0 unspecified atom stereocenters. The Bertz CT molecular complexity index is 817. The number of methoxy groups -OCH3 is 1. The Hall–Kier alpha value is -2.46. The number of benzene rings is 2. The van der Waals surface area contributed by atoms with Gasteiger partial charge >= 0.3 is 0 Å². The highest BCUT2D eigenvalue weighted by Gasteiger charge is 2.06. The SMILES string of the molecule is CCCCCCOc1ccc(/C=C/C(=O)Nc2ccc(Cl)cc2C)cc1OC. The fourth-order valence-electron chi connectivity index (χ4n) is 2.73. The summed E-state index contributed by atoms with van der Waals surface area (Å²) in [5.41, 5.74) is 2.51. The summed E-state index contributed by atoms with van der Waals surface area (Å²) in [6, 6.07) is 11.0. The third-order valence-electron chi connectivity index (χ3n) is 4.32. The highest BCUT2D eigenvalue weighted by atomic mass is 35.5. The number of nitrogens with one attached hydrogen (secondary N) is 1. The number of rotatable bonds is 10. The molecule has 28 heavy (non-hydrogen) atoms. The number of carbonyl (C=O) groups excluding carboxylic acids is 1. The number of halogens is 1. The van der Waals surface area contributed by atoms with Crippen LogP contribution in [0.5, 0.6) is 11.5 Å². The molecule has 0 saturated heterocycles. The van der Waals surface area contributed by atoms with Gasteiger partial charge in [-0.25, -0.2) is 0 Å². The average molecular weight is 402 g/mol. The molecule has 0 radical (unpaired) electrons. The van der Waals surface area contributed by atoms with Crippen LogP contribution in [0.4, 0.5) is 5.69 Å². The number of hydrogen-bond donors (Lipinski definition) is 1. The Labute approximate surface area is 172 Å². The summed E-state index contributed by atoms with van der Waals surface area (Å²) in [5, 5.41) is 3.50. The van der Waals surface area contributed by atoms with Gasteiger partial charge in [0.05, 0.1) is 13.7 Å². The monoisotopic (exact) mass is 401 g/mol. The molecule has 0 aliphatic carbocycles. The van der Waals surface area contributed by atoms with Gasteiger partial charge in [0, 0.05) is 16.8 Å². The van der Waals surface area contributed by atoms with Gasteiger partial charge in [-0.15, -0.1) is 0 Å². The van der Waals surface area contributed by atoms with Crippen LogP contribution in [0.1, 0.15) is 43.7 Å². The molecule has 0 aromatic heterocycles. The molecule has 2 aromatic carbocycles. The van der Waals surface area contributed by atoms with Crippen molar-refractivity contribution in [3.63, 3.8) is 0 Å². The minimum atomic E-state index is -0.208. The quantitative estimate of drug-likeness (QED) is 0.377. The maximum absolute atomic E-state index is 12.2. The van der Waals surface area contributed by atoms with Crippen molar-refractivity contribution in [1.29, 1.82) is 0 Å². The van der Waals surface area contributed by atoms with E-state index in [0.717, 1.165) is 29.0 Å². The Morgan fingerprint density at radius 1 is 1.11 bits per heavy atom. The van der Waals surface area contributed by atoms with Crippen LogP contribution in [-0.2, 0) is 4.79 Å². The molecule has 1 N–H and O–H groups in total. The summed E-state index contributed by atoms with van der Waals surface area (Å²) in [5.74, 6) is 1.17. The lowest BCUT2D eigenvalue weighted by atomic mass is 10.1. The van der Waals surface area contributed by atoms with Gasteiger partial charge in [0.1, 0.15) is 0 Å². The number of unbranched alkanes of at least 4 members (excludes halogenated alkanes) is 3. The molecule has 0 spiro atoms. The number of carbonyl (C=O) groups is 1. The van der Waals surface area contributed by atoms with Gasteiger partial charge in [-0.3, -0.25) is 4.79 Å². The molecule has 0 heterocycles. The number of ether oxygens (including phenoxy) is 2. The van der Waals surface area contributed by atoms with Gasteiger partial charge in [0.25, 0.3) is 0 Å². The van der Waals surface area contributed by atoms with Crippen molar-refractivity contribution in [1.82, 2.24) is 0 Å². The number of hydrogen-bond acceptors (Lipinski definition) is 3. The molecule has 0 atom stereocenters. The lowest BCUT2D eigenvalue weighted by Crippen LogP contribution is -2.08. The fraction of sp³-hybridized carbons (Fsp3) is 0.348. The van der Waals surface area contributed by atoms with Crippen LogP contribution in [0.25, 0.3) is 6.08 Å². The van der Waals surface area contributed by atoms with Gasteiger partial charge in [0.15, 0.2) is 11.5 Å². The lowest BCUT2D eigenvalue weighted by Gasteiger charge is -2.11. The third-order valence-corrected chi connectivity index (χ3v) is 4.55. The molecule has 1 amide bonds. The fourth-order valence-corrected chi connectivity index (χ4v) is 2.96. The molecule has 2 rings (SSSR count). The standard InChI is InChI=1S/C23H28ClNO3/c1-4-5-6-7-14-28-21-12-8-18(16-22(21)27-3)9-13-23(26)25-20-11-10-19(24)15-17(20)2/h8-13,15-16H,4-7,14H2,1-3H3,(H,25,26)/b13-9+. The topological polar surface area (TPSA) is 47.6 Å². The summed E-state index contributed by atoms with van der Waals surface area (Å²) < 4.78 is 11.2. The van der Waals surface area contributed by atoms with Crippen molar-refractivity contribution in [2.45, 2.75) is 39.5 Å². The minimum Gasteiger partial charge on any atom is -0.493 e. The lowest BCUT2D eigenvalue weighted by molar-refractivity contribution is -0.111. The molecule has 0 bridgehead atoms. The van der Waals surface area contributed by atoms with Crippen molar-refractivity contribution in [2.75, 3.05) is 19.0 Å². The van der Waals surface area contributed by atoms with Gasteiger partial charge in [-0.1, -0.05) is 43.9 Å². The summed E-state index contributed by atoms with van der Waals surface area (Å²) in [4.78, 5) is 12.2. The number of aryl methyl sites for hydroxylation is 1. The van der Waals surface area contributed by atoms with Crippen molar-refractivity contribution < 1.29 is 14.3 Å². The molecule has 0 aliphatic rings. The molecule has 2 aromatic rings. The smallest absolute Gasteiger partial charge is 0.248 e. The predicted octanol–water partition coefficient (Wildman–Crippen LogP) is 6.27. The van der Waals surface area contributed by atoms with E-state index in [-0.39, 0.29) is 5.91 Å². The maximum Gasteiger partial charge on any atom is 0.248 e. The summed E-state index contributed by atoms with van der Waals surface area (Å²) in [6.45, 7) is 4.76. The van der Waals surface area contributed by atoms with E-state index in [4.69, 9.17) is 21.1 Å². The van der Waals surface area contributed by atoms with Gasteiger partial charge < -0.3 is 14.8 Å². The second kappa shape index (κ2) is 11.4. The highest BCUT2D eigenvalue weighted by Crippen LogP contribution is 2.29. The number of anilines is 1. The van der Waals surface area contributed by atoms with Gasteiger partial charge in [-0.05, 0) is 60.9 Å². The van der Waals surface area contributed by atoms with Crippen LogP contribution in [-0.4, -0.2) is 19.6 Å². The van der Waals surface area contributed by atoms with Crippen molar-refractivity contribution >= 4 is 29.3 Å². The van der Waals surface area contributed by atoms with Gasteiger partial charge in [0.2, 0.25) is 5.91 Å². The predicted molar refractivity (Wildman–Crippen MR) is 116 cm³/mol. The van der Waals surface area contributed by atoms with Crippen molar-refractivity contribution in [3.8, 4) is 11.5 Å². The first kappa shape index (κ1) is 21.8. The third kappa shape index (κ3) is 6.93. The Balaban J connectivity index is 1.96. The summed E-state index contributed by atoms with van der Waals surface area (Å²) in [6.07, 6.45) is 7.87. The van der Waals surface area contributed by atoms with Gasteiger partial charge in [-0.2, -0.15) is 0 Å². The maximum atomic E-state index is 12.2. The summed E-state index contributed by atoms with van der Waals surface area (Å²) >= 11 is 5.94. The molecule has 0 fully saturated rings. The van der Waals surface area contributed by atoms with E-state index in [9.17, 15) is 4.79 Å². The zero-order valence-corrected chi connectivity index (χ0v) is 17.5. The van der Waals surface area contributed by atoms with Crippen molar-refractivity contribution in [3.05, 3.63) is 58.6 Å². The molecule has 0 aliphatic heterocycles. The van der Waals surface area contributed by atoms with E-state index >= 15 is 0 Å². The van der Waals surface area contributed by atoms with E-state index in [1.807, 2.05) is 31.2 Å². The molecular formula is C23H28ClNO3. The molecule has 0 saturated carbocycles. The molecular weight excluding hydrogens is 374 g/mol. The molecule has 5 heteroatoms. The summed E-state index contributed by atoms with van der Waals surface area (Å²) in [7, 11) is 1.61. The first-order valence-corrected chi connectivity index (χ1v) is 9.97. The van der Waals surface area contributed by atoms with E-state index in [2.05, 4.69) is 12.2 Å². The van der Waals surface area contributed by atoms with Crippen molar-refractivity contribution in [2.24, 2.45) is 0 Å². The van der Waals surface area contributed by atoms with E-state index in [0.29, 0.717) is 17.4 Å². The second-order valence-electron chi connectivity index (χ2n) is 6.60.